The predicted octanol–water partition coefficient (Wildman–Crippen LogP) is 2.74. The van der Waals surface area contributed by atoms with Gasteiger partial charge in [0.1, 0.15) is 17.6 Å². The third kappa shape index (κ3) is 5.69. The molecule has 152 valence electrons. The van der Waals surface area contributed by atoms with E-state index in [2.05, 4.69) is 5.32 Å². The van der Waals surface area contributed by atoms with E-state index in [1.54, 1.807) is 7.11 Å². The van der Waals surface area contributed by atoms with Crippen LogP contribution in [0.15, 0.2) is 48.5 Å². The molecule has 6 nitrogen and oxygen atoms in total. The van der Waals surface area contributed by atoms with Crippen molar-refractivity contribution in [2.45, 2.75) is 25.8 Å². The maximum atomic E-state index is 14.1. The Bertz CT molecular complexity index is 901. The highest BCUT2D eigenvalue weighted by atomic mass is 32.2. The summed E-state index contributed by atoms with van der Waals surface area (Å²) in [6, 6.07) is 12.0. The number of sulfonamides is 1. The fourth-order valence-corrected chi connectivity index (χ4v) is 4.03. The molecule has 28 heavy (non-hydrogen) atoms. The van der Waals surface area contributed by atoms with Gasteiger partial charge in [0.25, 0.3) is 0 Å². The highest BCUT2D eigenvalue weighted by Gasteiger charge is 2.30. The second kappa shape index (κ2) is 9.54. The van der Waals surface area contributed by atoms with Crippen LogP contribution >= 0.6 is 0 Å². The number of nitrogens with zero attached hydrogens (tertiary/aromatic N) is 1. The van der Waals surface area contributed by atoms with Gasteiger partial charge in [0.05, 0.1) is 19.1 Å². The third-order valence-electron chi connectivity index (χ3n) is 4.28. The summed E-state index contributed by atoms with van der Waals surface area (Å²) in [7, 11) is -2.24. The van der Waals surface area contributed by atoms with Gasteiger partial charge in [-0.05, 0) is 49.6 Å². The van der Waals surface area contributed by atoms with Crippen molar-refractivity contribution in [2.24, 2.45) is 0 Å². The van der Waals surface area contributed by atoms with Crippen LogP contribution in [0.3, 0.4) is 0 Å². The first-order chi connectivity index (χ1) is 13.2. The van der Waals surface area contributed by atoms with E-state index >= 15 is 0 Å². The Morgan fingerprint density at radius 1 is 1.18 bits per heavy atom. The number of anilines is 1. The molecule has 0 saturated heterocycles. The van der Waals surface area contributed by atoms with Crippen LogP contribution in [0.25, 0.3) is 0 Å². The minimum absolute atomic E-state index is 0.147. The first-order valence-electron chi connectivity index (χ1n) is 8.88. The summed E-state index contributed by atoms with van der Waals surface area (Å²) < 4.78 is 44.3. The predicted molar refractivity (Wildman–Crippen MR) is 108 cm³/mol. The topological polar surface area (TPSA) is 75.7 Å². The smallest absolute Gasteiger partial charge is 0.243 e. The number of aryl methyl sites for hydroxylation is 1. The van der Waals surface area contributed by atoms with Crippen LogP contribution in [0.4, 0.5) is 10.1 Å². The van der Waals surface area contributed by atoms with Crippen LogP contribution < -0.4 is 14.4 Å². The molecule has 0 spiro atoms. The first kappa shape index (κ1) is 21.7. The van der Waals surface area contributed by atoms with Crippen molar-refractivity contribution >= 4 is 21.6 Å². The summed E-state index contributed by atoms with van der Waals surface area (Å²) in [6.45, 7) is 1.82. The number of amides is 1. The average Bonchev–Trinajstić information content (AvgIpc) is 2.66. The number of carbonyl (C=O) groups excluding carboxylic acids is 1. The molecule has 0 aliphatic heterocycles. The largest absolute Gasteiger partial charge is 0.497 e. The lowest BCUT2D eigenvalue weighted by Gasteiger charge is -2.28. The maximum Gasteiger partial charge on any atom is 0.243 e. The zero-order valence-corrected chi connectivity index (χ0v) is 17.0. The first-order valence-corrected chi connectivity index (χ1v) is 10.7. The van der Waals surface area contributed by atoms with Gasteiger partial charge in [0, 0.05) is 6.54 Å². The fraction of sp³-hybridized carbons (Fsp3) is 0.350. The van der Waals surface area contributed by atoms with Gasteiger partial charge in [0.15, 0.2) is 0 Å². The maximum absolute atomic E-state index is 14.1. The number of hydrogen-bond acceptors (Lipinski definition) is 4. The monoisotopic (exact) mass is 408 g/mol. The molecule has 0 aromatic heterocycles. The molecule has 0 aliphatic rings. The molecule has 1 atom stereocenters. The van der Waals surface area contributed by atoms with Crippen LogP contribution in [0, 0.1) is 5.82 Å². The van der Waals surface area contributed by atoms with Crippen LogP contribution in [-0.2, 0) is 21.2 Å². The summed E-state index contributed by atoms with van der Waals surface area (Å²) in [5.41, 5.74) is 0.957. The van der Waals surface area contributed by atoms with Gasteiger partial charge in [-0.25, -0.2) is 12.8 Å². The van der Waals surface area contributed by atoms with Crippen molar-refractivity contribution in [1.82, 2.24) is 5.32 Å². The Hall–Kier alpha value is -2.61. The number of para-hydroxylation sites is 1. The minimum Gasteiger partial charge on any atom is -0.497 e. The lowest BCUT2D eigenvalue weighted by atomic mass is 10.1. The van der Waals surface area contributed by atoms with Gasteiger partial charge in [-0.15, -0.1) is 0 Å². The SMILES string of the molecule is COc1ccc(CCCNC(=O)[C@H](C)N(c2ccccc2F)S(C)(=O)=O)cc1. The molecule has 1 N–H and O–H groups in total. The van der Waals surface area contributed by atoms with E-state index in [1.807, 2.05) is 24.3 Å². The zero-order valence-electron chi connectivity index (χ0n) is 16.2. The summed E-state index contributed by atoms with van der Waals surface area (Å²) in [5.74, 6) is -0.407. The van der Waals surface area contributed by atoms with E-state index in [1.165, 1.54) is 25.1 Å². The van der Waals surface area contributed by atoms with Crippen LogP contribution in [0.1, 0.15) is 18.9 Å². The van der Waals surface area contributed by atoms with E-state index in [4.69, 9.17) is 4.74 Å². The van der Waals surface area contributed by atoms with Gasteiger partial charge < -0.3 is 10.1 Å². The molecule has 0 saturated carbocycles. The molecule has 2 rings (SSSR count). The Balaban J connectivity index is 1.96. The number of hydrogen-bond donors (Lipinski definition) is 1. The van der Waals surface area contributed by atoms with Crippen LogP contribution in [-0.4, -0.2) is 40.3 Å². The quantitative estimate of drug-likeness (QED) is 0.648. The number of benzene rings is 2. The van der Waals surface area contributed by atoms with E-state index in [-0.39, 0.29) is 5.69 Å². The number of nitrogens with one attached hydrogen (secondary N) is 1. The number of ether oxygens (including phenoxy) is 1. The molecule has 0 aliphatic carbocycles. The van der Waals surface area contributed by atoms with Crippen molar-refractivity contribution in [3.8, 4) is 5.75 Å². The molecule has 1 amide bonds. The molecule has 2 aromatic carbocycles. The second-order valence-corrected chi connectivity index (χ2v) is 8.29. The lowest BCUT2D eigenvalue weighted by molar-refractivity contribution is -0.121. The molecule has 0 fully saturated rings. The number of rotatable bonds is 9. The standard InChI is InChI=1S/C20H25FN2O4S/c1-15(23(28(3,25)26)19-9-5-4-8-18(19)21)20(24)22-14-6-7-16-10-12-17(27-2)13-11-16/h4-5,8-13,15H,6-7,14H2,1-3H3,(H,22,24)/t15-/m0/s1. The lowest BCUT2D eigenvalue weighted by Crippen LogP contribution is -2.48. The Labute approximate surface area is 165 Å². The molecule has 0 bridgehead atoms. The Morgan fingerprint density at radius 2 is 1.82 bits per heavy atom. The normalized spacial score (nSPS) is 12.3. The van der Waals surface area contributed by atoms with E-state index < -0.39 is 27.8 Å². The van der Waals surface area contributed by atoms with Gasteiger partial charge in [-0.3, -0.25) is 9.10 Å². The third-order valence-corrected chi connectivity index (χ3v) is 5.51. The van der Waals surface area contributed by atoms with Crippen molar-refractivity contribution < 1.29 is 22.3 Å². The number of methoxy groups -OCH3 is 1. The Kier molecular flexibility index (Phi) is 7.39. The van der Waals surface area contributed by atoms with Gasteiger partial charge >= 0.3 is 0 Å². The summed E-state index contributed by atoms with van der Waals surface area (Å²) >= 11 is 0. The van der Waals surface area contributed by atoms with Gasteiger partial charge in [-0.2, -0.15) is 0 Å². The minimum atomic E-state index is -3.84. The van der Waals surface area contributed by atoms with Gasteiger partial charge in [0.2, 0.25) is 15.9 Å². The van der Waals surface area contributed by atoms with E-state index in [0.29, 0.717) is 13.0 Å². The van der Waals surface area contributed by atoms with Crippen molar-refractivity contribution in [3.05, 3.63) is 59.9 Å². The highest BCUT2D eigenvalue weighted by molar-refractivity contribution is 7.92. The average molecular weight is 408 g/mol. The molecular weight excluding hydrogens is 383 g/mol. The summed E-state index contributed by atoms with van der Waals surface area (Å²) in [4.78, 5) is 12.5. The summed E-state index contributed by atoms with van der Waals surface area (Å²) in [5, 5.41) is 2.72. The molecule has 8 heteroatoms. The van der Waals surface area contributed by atoms with E-state index in [9.17, 15) is 17.6 Å². The highest BCUT2D eigenvalue weighted by Crippen LogP contribution is 2.24. The molecule has 0 radical (unpaired) electrons. The molecular formula is C20H25FN2O4S. The number of carbonyl (C=O) groups is 1. The van der Waals surface area contributed by atoms with Gasteiger partial charge in [-0.1, -0.05) is 24.3 Å². The van der Waals surface area contributed by atoms with Crippen LogP contribution in [0.2, 0.25) is 0 Å². The van der Waals surface area contributed by atoms with Crippen molar-refractivity contribution in [3.63, 3.8) is 0 Å². The van der Waals surface area contributed by atoms with Crippen LogP contribution in [0.5, 0.6) is 5.75 Å². The zero-order chi connectivity index (χ0) is 20.7. The van der Waals surface area contributed by atoms with Crippen molar-refractivity contribution in [1.29, 1.82) is 0 Å². The van der Waals surface area contributed by atoms with E-state index in [0.717, 1.165) is 34.4 Å². The fourth-order valence-electron chi connectivity index (χ4n) is 2.86. The molecule has 0 heterocycles. The molecule has 2 aromatic rings. The van der Waals surface area contributed by atoms with Crippen molar-refractivity contribution in [2.75, 3.05) is 24.2 Å². The Morgan fingerprint density at radius 3 is 2.39 bits per heavy atom. The number of halogens is 1. The summed E-state index contributed by atoms with van der Waals surface area (Å²) in [6.07, 6.45) is 2.39. The molecule has 0 unspecified atom stereocenters. The second-order valence-electron chi connectivity index (χ2n) is 6.43.